The molecule has 0 spiro atoms. The van der Waals surface area contributed by atoms with E-state index in [0.29, 0.717) is 5.02 Å². The van der Waals surface area contributed by atoms with Crippen LogP contribution >= 0.6 is 27.5 Å². The minimum Gasteiger partial charge on any atom is -0.495 e. The molecule has 0 amide bonds. The van der Waals surface area contributed by atoms with Crippen LogP contribution < -0.4 is 10.5 Å². The third-order valence-electron chi connectivity index (χ3n) is 2.51. The molecule has 90 valence electrons. The van der Waals surface area contributed by atoms with Crippen molar-refractivity contribution in [1.29, 1.82) is 0 Å². The van der Waals surface area contributed by atoms with Crippen LogP contribution in [0.25, 0.3) is 0 Å². The van der Waals surface area contributed by atoms with Gasteiger partial charge >= 0.3 is 0 Å². The highest BCUT2D eigenvalue weighted by molar-refractivity contribution is 9.10. The van der Waals surface area contributed by atoms with Gasteiger partial charge in [0.05, 0.1) is 11.6 Å². The van der Waals surface area contributed by atoms with Gasteiger partial charge in [0.15, 0.2) is 0 Å². The zero-order valence-corrected chi connectivity index (χ0v) is 11.9. The molecule has 0 saturated carbocycles. The highest BCUT2D eigenvalue weighted by atomic mass is 79.9. The minimum absolute atomic E-state index is 0.0232. The molecule has 1 aromatic rings. The molecule has 0 aromatic heterocycles. The number of hydrogen-bond donors (Lipinski definition) is 1. The van der Waals surface area contributed by atoms with Crippen molar-refractivity contribution in [3.8, 4) is 5.75 Å². The van der Waals surface area contributed by atoms with Crippen LogP contribution in [-0.4, -0.2) is 7.11 Å². The summed E-state index contributed by atoms with van der Waals surface area (Å²) in [5.74, 6) is 0.785. The number of methoxy groups -OCH3 is 1. The van der Waals surface area contributed by atoms with Crippen molar-refractivity contribution < 1.29 is 4.74 Å². The van der Waals surface area contributed by atoms with Crippen LogP contribution in [0.5, 0.6) is 5.75 Å². The fraction of sp³-hybridized carbons (Fsp3) is 0.500. The summed E-state index contributed by atoms with van der Waals surface area (Å²) in [6, 6.07) is 3.67. The molecule has 16 heavy (non-hydrogen) atoms. The lowest BCUT2D eigenvalue weighted by Gasteiger charge is -2.17. The molecule has 1 aromatic carbocycles. The third kappa shape index (κ3) is 3.37. The molecule has 1 unspecified atom stereocenters. The maximum atomic E-state index is 6.14. The van der Waals surface area contributed by atoms with E-state index in [1.54, 1.807) is 7.11 Å². The molecule has 2 N–H and O–H groups in total. The van der Waals surface area contributed by atoms with Gasteiger partial charge < -0.3 is 10.5 Å². The van der Waals surface area contributed by atoms with E-state index in [2.05, 4.69) is 22.9 Å². The summed E-state index contributed by atoms with van der Waals surface area (Å²) in [6.45, 7) is 2.15. The van der Waals surface area contributed by atoms with Crippen molar-refractivity contribution in [2.75, 3.05) is 7.11 Å². The Bertz CT molecular complexity index is 357. The lowest BCUT2D eigenvalue weighted by Crippen LogP contribution is -2.11. The molecular formula is C12H17BrClNO. The fourth-order valence-electron chi connectivity index (χ4n) is 1.65. The van der Waals surface area contributed by atoms with E-state index in [0.717, 1.165) is 35.0 Å². The Labute approximate surface area is 110 Å². The first-order valence-corrected chi connectivity index (χ1v) is 6.55. The second-order valence-electron chi connectivity index (χ2n) is 3.76. The van der Waals surface area contributed by atoms with E-state index in [1.165, 1.54) is 0 Å². The van der Waals surface area contributed by atoms with Gasteiger partial charge in [-0.3, -0.25) is 0 Å². The summed E-state index contributed by atoms with van der Waals surface area (Å²) >= 11 is 9.45. The van der Waals surface area contributed by atoms with Gasteiger partial charge in [-0.1, -0.05) is 31.4 Å². The van der Waals surface area contributed by atoms with Crippen molar-refractivity contribution >= 4 is 27.5 Å². The van der Waals surface area contributed by atoms with Crippen molar-refractivity contribution in [2.45, 2.75) is 32.2 Å². The van der Waals surface area contributed by atoms with Crippen molar-refractivity contribution in [3.63, 3.8) is 0 Å². The summed E-state index contributed by atoms with van der Waals surface area (Å²) < 4.78 is 6.20. The zero-order chi connectivity index (χ0) is 12.1. The quantitative estimate of drug-likeness (QED) is 0.880. The molecule has 1 atom stereocenters. The molecule has 0 aliphatic carbocycles. The number of hydrogen-bond acceptors (Lipinski definition) is 2. The number of unbranched alkanes of at least 4 members (excludes halogenated alkanes) is 1. The van der Waals surface area contributed by atoms with Gasteiger partial charge in [0.1, 0.15) is 5.75 Å². The van der Waals surface area contributed by atoms with Crippen LogP contribution in [-0.2, 0) is 0 Å². The average molecular weight is 307 g/mol. The van der Waals surface area contributed by atoms with E-state index in [9.17, 15) is 0 Å². The molecule has 0 aliphatic heterocycles. The first-order chi connectivity index (χ1) is 7.60. The predicted molar refractivity (Wildman–Crippen MR) is 72.2 cm³/mol. The monoisotopic (exact) mass is 305 g/mol. The van der Waals surface area contributed by atoms with Gasteiger partial charge in [0.25, 0.3) is 0 Å². The van der Waals surface area contributed by atoms with Crippen LogP contribution in [0.3, 0.4) is 0 Å². The van der Waals surface area contributed by atoms with Crippen molar-refractivity contribution in [3.05, 3.63) is 27.2 Å². The SMILES string of the molecule is CCCCC(N)c1cc(Cl)cc(Br)c1OC. The zero-order valence-electron chi connectivity index (χ0n) is 9.59. The smallest absolute Gasteiger partial charge is 0.137 e. The van der Waals surface area contributed by atoms with Crippen LogP contribution in [0.1, 0.15) is 37.8 Å². The maximum Gasteiger partial charge on any atom is 0.137 e. The van der Waals surface area contributed by atoms with Gasteiger partial charge in [-0.2, -0.15) is 0 Å². The Morgan fingerprint density at radius 2 is 2.19 bits per heavy atom. The number of halogens is 2. The minimum atomic E-state index is -0.0232. The number of benzene rings is 1. The molecule has 2 nitrogen and oxygen atoms in total. The number of ether oxygens (including phenoxy) is 1. The van der Waals surface area contributed by atoms with E-state index in [-0.39, 0.29) is 6.04 Å². The molecule has 0 radical (unpaired) electrons. The van der Waals surface area contributed by atoms with Crippen molar-refractivity contribution in [2.24, 2.45) is 5.73 Å². The van der Waals surface area contributed by atoms with Gasteiger partial charge in [-0.05, 0) is 34.5 Å². The molecule has 0 fully saturated rings. The van der Waals surface area contributed by atoms with Crippen LogP contribution in [0, 0.1) is 0 Å². The largest absolute Gasteiger partial charge is 0.495 e. The normalized spacial score (nSPS) is 12.6. The molecular weight excluding hydrogens is 289 g/mol. The standard InChI is InChI=1S/C12H17BrClNO/c1-3-4-5-11(15)9-6-8(14)7-10(13)12(9)16-2/h6-7,11H,3-5,15H2,1-2H3. The number of nitrogens with two attached hydrogens (primary N) is 1. The second kappa shape index (κ2) is 6.48. The molecule has 4 heteroatoms. The van der Waals surface area contributed by atoms with E-state index in [1.807, 2.05) is 12.1 Å². The van der Waals surface area contributed by atoms with Crippen molar-refractivity contribution in [1.82, 2.24) is 0 Å². The number of rotatable bonds is 5. The molecule has 0 aliphatic rings. The summed E-state index contributed by atoms with van der Waals surface area (Å²) in [5.41, 5.74) is 7.10. The Kier molecular flexibility index (Phi) is 5.59. The molecule has 0 heterocycles. The van der Waals surface area contributed by atoms with Crippen LogP contribution in [0.4, 0.5) is 0 Å². The van der Waals surface area contributed by atoms with Gasteiger partial charge in [-0.15, -0.1) is 0 Å². The lowest BCUT2D eigenvalue weighted by atomic mass is 10.0. The Morgan fingerprint density at radius 3 is 2.75 bits per heavy atom. The van der Waals surface area contributed by atoms with E-state index >= 15 is 0 Å². The predicted octanol–water partition coefficient (Wildman–Crippen LogP) is 4.30. The average Bonchev–Trinajstić information content (AvgIpc) is 2.24. The first kappa shape index (κ1) is 13.8. The third-order valence-corrected chi connectivity index (χ3v) is 3.32. The topological polar surface area (TPSA) is 35.2 Å². The van der Waals surface area contributed by atoms with Gasteiger partial charge in [-0.25, -0.2) is 0 Å². The Balaban J connectivity index is 3.00. The molecule has 0 bridgehead atoms. The lowest BCUT2D eigenvalue weighted by molar-refractivity contribution is 0.401. The highest BCUT2D eigenvalue weighted by Gasteiger charge is 2.15. The molecule has 0 saturated heterocycles. The van der Waals surface area contributed by atoms with Crippen LogP contribution in [0.15, 0.2) is 16.6 Å². The van der Waals surface area contributed by atoms with Gasteiger partial charge in [0.2, 0.25) is 0 Å². The first-order valence-electron chi connectivity index (χ1n) is 5.38. The van der Waals surface area contributed by atoms with Crippen LogP contribution in [0.2, 0.25) is 5.02 Å². The Morgan fingerprint density at radius 1 is 1.50 bits per heavy atom. The maximum absolute atomic E-state index is 6.14. The van der Waals surface area contributed by atoms with Gasteiger partial charge in [0, 0.05) is 16.6 Å². The summed E-state index contributed by atoms with van der Waals surface area (Å²) in [4.78, 5) is 0. The van der Waals surface area contributed by atoms with E-state index in [4.69, 9.17) is 22.1 Å². The second-order valence-corrected chi connectivity index (χ2v) is 5.05. The summed E-state index contributed by atoms with van der Waals surface area (Å²) in [5, 5.41) is 0.676. The fourth-order valence-corrected chi connectivity index (χ4v) is 2.65. The summed E-state index contributed by atoms with van der Waals surface area (Å²) in [7, 11) is 1.64. The molecule has 1 rings (SSSR count). The highest BCUT2D eigenvalue weighted by Crippen LogP contribution is 2.36. The van der Waals surface area contributed by atoms with E-state index < -0.39 is 0 Å². The summed E-state index contributed by atoms with van der Waals surface area (Å²) in [6.07, 6.45) is 3.19. The Hall–Kier alpha value is -0.250.